The van der Waals surface area contributed by atoms with E-state index < -0.39 is 23.9 Å². The molecule has 7 rings (SSSR count). The maximum absolute atomic E-state index is 13.9. The fraction of sp³-hybridized carbons (Fsp3) is 0.105. The minimum atomic E-state index is -0.672. The Morgan fingerprint density at radius 3 is 1.96 bits per heavy atom. The zero-order valence-corrected chi connectivity index (χ0v) is 24.6. The Bertz CT molecular complexity index is 1990. The van der Waals surface area contributed by atoms with Crippen molar-refractivity contribution < 1.29 is 23.9 Å². The molecule has 5 aromatic rings. The third-order valence-electron chi connectivity index (χ3n) is 8.45. The molecule has 0 unspecified atom stereocenters. The van der Waals surface area contributed by atoms with Gasteiger partial charge in [-0.1, -0.05) is 66.7 Å². The summed E-state index contributed by atoms with van der Waals surface area (Å²) in [6.45, 7) is 4.04. The molecule has 0 bridgehead atoms. The summed E-state index contributed by atoms with van der Waals surface area (Å²) < 4.78 is 5.96. The van der Waals surface area contributed by atoms with Crippen molar-refractivity contribution in [2.45, 2.75) is 25.9 Å². The number of aryl methyl sites for hydroxylation is 2. The highest BCUT2D eigenvalue weighted by atomic mass is 16.5. The van der Waals surface area contributed by atoms with E-state index in [1.54, 1.807) is 59.5 Å². The van der Waals surface area contributed by atoms with Gasteiger partial charge in [0, 0.05) is 11.1 Å². The van der Waals surface area contributed by atoms with Crippen LogP contribution in [-0.4, -0.2) is 34.4 Å². The molecular weight excluding hydrogens is 564 g/mol. The Balaban J connectivity index is 1.13. The molecule has 0 spiro atoms. The van der Waals surface area contributed by atoms with Crippen LogP contribution in [0.1, 0.15) is 64.2 Å². The lowest BCUT2D eigenvalue weighted by Gasteiger charge is -2.15. The lowest BCUT2D eigenvalue weighted by atomic mass is 10.0. The zero-order valence-electron chi connectivity index (χ0n) is 24.6. The number of carbonyl (C=O) groups is 4. The number of ketones is 1. The number of amides is 3. The van der Waals surface area contributed by atoms with E-state index in [1.165, 1.54) is 17.7 Å². The monoisotopic (exact) mass is 592 g/mol. The number of hydrogen-bond donors (Lipinski definition) is 0. The second kappa shape index (κ2) is 11.0. The second-order valence-corrected chi connectivity index (χ2v) is 11.3. The van der Waals surface area contributed by atoms with E-state index in [0.717, 1.165) is 16.0 Å². The number of carbonyl (C=O) groups excluding carboxylic acids is 4. The van der Waals surface area contributed by atoms with Crippen molar-refractivity contribution in [1.29, 1.82) is 0 Å². The van der Waals surface area contributed by atoms with Gasteiger partial charge in [0.15, 0.2) is 5.78 Å². The van der Waals surface area contributed by atoms with Gasteiger partial charge in [-0.15, -0.1) is 0 Å². The van der Waals surface area contributed by atoms with Gasteiger partial charge in [-0.2, -0.15) is 0 Å². The Labute approximate surface area is 260 Å². The average molecular weight is 593 g/mol. The summed E-state index contributed by atoms with van der Waals surface area (Å²) in [4.78, 5) is 56.9. The van der Waals surface area contributed by atoms with Gasteiger partial charge in [-0.25, -0.2) is 4.90 Å². The zero-order chi connectivity index (χ0) is 31.2. The third-order valence-corrected chi connectivity index (χ3v) is 8.45. The Kier molecular flexibility index (Phi) is 6.86. The molecule has 2 aliphatic heterocycles. The van der Waals surface area contributed by atoms with Crippen LogP contribution in [0.2, 0.25) is 0 Å². The van der Waals surface area contributed by atoms with Crippen LogP contribution in [0, 0.1) is 13.8 Å². The summed E-state index contributed by atoms with van der Waals surface area (Å²) in [5.74, 6) is -0.263. The van der Waals surface area contributed by atoms with Gasteiger partial charge in [-0.05, 0) is 85.1 Å². The summed E-state index contributed by atoms with van der Waals surface area (Å²) in [5, 5.41) is 0. The third kappa shape index (κ3) is 4.98. The van der Waals surface area contributed by atoms with E-state index >= 15 is 0 Å². The summed E-state index contributed by atoms with van der Waals surface area (Å²) in [5.41, 5.74) is 4.64. The Morgan fingerprint density at radius 2 is 1.27 bits per heavy atom. The van der Waals surface area contributed by atoms with E-state index in [4.69, 9.17) is 4.74 Å². The van der Waals surface area contributed by atoms with E-state index in [-0.39, 0.29) is 28.4 Å². The maximum atomic E-state index is 13.9. The molecule has 5 aromatic carbocycles. The van der Waals surface area contributed by atoms with Gasteiger partial charge in [0.25, 0.3) is 17.7 Å². The van der Waals surface area contributed by atoms with Crippen molar-refractivity contribution in [2.75, 3.05) is 4.90 Å². The normalized spacial score (nSPS) is 16.8. The van der Waals surface area contributed by atoms with Crippen LogP contribution in [0.4, 0.5) is 5.69 Å². The van der Waals surface area contributed by atoms with Gasteiger partial charge in [-0.3, -0.25) is 19.2 Å². The van der Waals surface area contributed by atoms with Crippen molar-refractivity contribution in [3.05, 3.63) is 160 Å². The van der Waals surface area contributed by atoms with Crippen molar-refractivity contribution in [1.82, 2.24) is 4.90 Å². The molecule has 3 amide bonds. The van der Waals surface area contributed by atoms with Crippen LogP contribution in [0.15, 0.2) is 121 Å². The molecular formula is C38H28N2O5. The van der Waals surface area contributed by atoms with Gasteiger partial charge in [0.05, 0.1) is 22.9 Å². The van der Waals surface area contributed by atoms with Crippen LogP contribution in [0.3, 0.4) is 0 Å². The first-order valence-electron chi connectivity index (χ1n) is 14.7. The van der Waals surface area contributed by atoms with E-state index in [1.807, 2.05) is 68.4 Å². The highest BCUT2D eigenvalue weighted by Gasteiger charge is 2.56. The van der Waals surface area contributed by atoms with Crippen LogP contribution in [-0.2, 0) is 0 Å². The molecule has 2 heterocycles. The molecule has 0 N–H and O–H groups in total. The van der Waals surface area contributed by atoms with Crippen molar-refractivity contribution in [3.63, 3.8) is 0 Å². The van der Waals surface area contributed by atoms with Gasteiger partial charge >= 0.3 is 0 Å². The van der Waals surface area contributed by atoms with Crippen LogP contribution >= 0.6 is 0 Å². The van der Waals surface area contributed by atoms with E-state index in [0.29, 0.717) is 22.7 Å². The van der Waals surface area contributed by atoms with E-state index in [9.17, 15) is 19.2 Å². The molecule has 0 radical (unpaired) electrons. The predicted octanol–water partition coefficient (Wildman–Crippen LogP) is 7.34. The topological polar surface area (TPSA) is 83.8 Å². The van der Waals surface area contributed by atoms with Crippen LogP contribution in [0.25, 0.3) is 0 Å². The van der Waals surface area contributed by atoms with Crippen molar-refractivity contribution in [3.8, 4) is 11.5 Å². The predicted molar refractivity (Wildman–Crippen MR) is 170 cm³/mol. The largest absolute Gasteiger partial charge is 0.457 e. The highest BCUT2D eigenvalue weighted by molar-refractivity contribution is 6.34. The minimum Gasteiger partial charge on any atom is -0.457 e. The minimum absolute atomic E-state index is 0.144. The lowest BCUT2D eigenvalue weighted by molar-refractivity contribution is 0.0833. The number of fused-ring (bicyclic) bond motifs is 1. The SMILES string of the molecule is Cc1ccc(Oc2ccc(N3C(=O)c4ccc(C(=O)N5[C@H](C(=O)c6ccccc6)[C@@H]5c5ccccc5)cc4C3=O)cc2)cc1C. The molecule has 45 heavy (non-hydrogen) atoms. The number of Topliss-reactive ketones (excluding diaryl/α,β-unsaturated/α-hetero) is 1. The standard InChI is InChI=1S/C38H28N2O5/c1-23-13-17-30(21-24(23)2)45-29-18-15-28(16-19-29)39-37(43)31-20-14-27(22-32(31)38(39)44)36(42)40-33(25-9-5-3-6-10-25)34(40)35(41)26-11-7-4-8-12-26/h3-22,33-34H,1-2H3/t33-,34-,40?/m0/s1. The first kappa shape index (κ1) is 28.0. The number of ether oxygens (including phenoxy) is 1. The number of rotatable bonds is 7. The lowest BCUT2D eigenvalue weighted by Crippen LogP contribution is -2.29. The van der Waals surface area contributed by atoms with E-state index in [2.05, 4.69) is 0 Å². The smallest absolute Gasteiger partial charge is 0.266 e. The molecule has 0 aromatic heterocycles. The summed E-state index contributed by atoms with van der Waals surface area (Å²) in [6.07, 6.45) is 0. The van der Waals surface area contributed by atoms with Crippen LogP contribution < -0.4 is 9.64 Å². The summed E-state index contributed by atoms with van der Waals surface area (Å²) >= 11 is 0. The summed E-state index contributed by atoms with van der Waals surface area (Å²) in [6, 6.07) is 34.3. The maximum Gasteiger partial charge on any atom is 0.266 e. The summed E-state index contributed by atoms with van der Waals surface area (Å²) in [7, 11) is 0. The molecule has 1 fully saturated rings. The molecule has 2 atom stereocenters. The van der Waals surface area contributed by atoms with Gasteiger partial charge in [0.1, 0.15) is 17.5 Å². The quantitative estimate of drug-likeness (QED) is 0.112. The molecule has 2 aliphatic rings. The first-order valence-corrected chi connectivity index (χ1v) is 14.7. The number of anilines is 1. The fourth-order valence-electron chi connectivity index (χ4n) is 5.85. The highest BCUT2D eigenvalue weighted by Crippen LogP contribution is 2.46. The van der Waals surface area contributed by atoms with Crippen molar-refractivity contribution in [2.24, 2.45) is 0 Å². The fourth-order valence-corrected chi connectivity index (χ4v) is 5.85. The Hall–Kier alpha value is -5.82. The molecule has 7 nitrogen and oxygen atoms in total. The van der Waals surface area contributed by atoms with Crippen molar-refractivity contribution >= 4 is 29.2 Å². The molecule has 0 aliphatic carbocycles. The molecule has 1 saturated heterocycles. The van der Waals surface area contributed by atoms with Gasteiger partial charge in [0.2, 0.25) is 0 Å². The molecule has 7 heteroatoms. The molecule has 220 valence electrons. The van der Waals surface area contributed by atoms with Gasteiger partial charge < -0.3 is 9.64 Å². The number of imide groups is 1. The number of benzene rings is 5. The second-order valence-electron chi connectivity index (χ2n) is 11.3. The molecule has 0 saturated carbocycles. The first-order chi connectivity index (χ1) is 21.8. The number of nitrogens with zero attached hydrogens (tertiary/aromatic N) is 2. The van der Waals surface area contributed by atoms with Crippen LogP contribution in [0.5, 0.6) is 11.5 Å². The average Bonchev–Trinajstić information content (AvgIpc) is 3.77. The Morgan fingerprint density at radius 1 is 0.622 bits per heavy atom. The number of hydrogen-bond acceptors (Lipinski definition) is 5.